The average molecular weight is 349 g/mol. The van der Waals surface area contributed by atoms with E-state index in [-0.39, 0.29) is 0 Å². The van der Waals surface area contributed by atoms with Gasteiger partial charge in [-0.3, -0.25) is 4.90 Å². The Morgan fingerprint density at radius 2 is 1.88 bits per heavy atom. The van der Waals surface area contributed by atoms with Gasteiger partial charge in [0.15, 0.2) is 5.76 Å². The van der Waals surface area contributed by atoms with E-state index in [0.717, 1.165) is 62.7 Å². The third-order valence-electron chi connectivity index (χ3n) is 5.56. The van der Waals surface area contributed by atoms with Crippen molar-refractivity contribution >= 4 is 0 Å². The van der Waals surface area contributed by atoms with Gasteiger partial charge in [0.05, 0.1) is 12.7 Å². The third kappa shape index (κ3) is 2.94. The van der Waals surface area contributed by atoms with E-state index in [0.29, 0.717) is 5.92 Å². The van der Waals surface area contributed by atoms with Gasteiger partial charge in [-0.05, 0) is 32.4 Å². The highest BCUT2D eigenvalue weighted by atomic mass is 16.4. The lowest BCUT2D eigenvalue weighted by molar-refractivity contribution is 0.184. The second kappa shape index (κ2) is 6.68. The summed E-state index contributed by atoms with van der Waals surface area (Å²) in [5, 5.41) is 8.84. The van der Waals surface area contributed by atoms with Crippen molar-refractivity contribution in [2.24, 2.45) is 0 Å². The van der Waals surface area contributed by atoms with E-state index >= 15 is 0 Å². The molecule has 2 aromatic heterocycles. The SMILES string of the molecule is c1ccc(-c2cnc(CN3CCC(c4nnc5n4CCC5)CC3)o2)cc1. The fourth-order valence-corrected chi connectivity index (χ4v) is 4.13. The summed E-state index contributed by atoms with van der Waals surface area (Å²) < 4.78 is 8.30. The zero-order valence-electron chi connectivity index (χ0n) is 14.8. The van der Waals surface area contributed by atoms with E-state index in [2.05, 4.69) is 24.6 Å². The first kappa shape index (κ1) is 15.8. The zero-order chi connectivity index (χ0) is 17.3. The molecule has 0 amide bonds. The Labute approximate surface area is 152 Å². The highest BCUT2D eigenvalue weighted by molar-refractivity contribution is 5.55. The van der Waals surface area contributed by atoms with E-state index in [9.17, 15) is 0 Å². The van der Waals surface area contributed by atoms with Gasteiger partial charge in [0.1, 0.15) is 11.6 Å². The molecule has 1 fully saturated rings. The lowest BCUT2D eigenvalue weighted by atomic mass is 9.96. The van der Waals surface area contributed by atoms with Crippen molar-refractivity contribution in [2.45, 2.75) is 44.7 Å². The van der Waals surface area contributed by atoms with Crippen molar-refractivity contribution < 1.29 is 4.42 Å². The normalized spacial score (nSPS) is 18.3. The van der Waals surface area contributed by atoms with Crippen LogP contribution >= 0.6 is 0 Å². The van der Waals surface area contributed by atoms with E-state index in [4.69, 9.17) is 4.42 Å². The smallest absolute Gasteiger partial charge is 0.209 e. The first-order chi connectivity index (χ1) is 12.9. The van der Waals surface area contributed by atoms with Crippen molar-refractivity contribution in [1.29, 1.82) is 0 Å². The number of benzene rings is 1. The van der Waals surface area contributed by atoms with Crippen LogP contribution in [0, 0.1) is 0 Å². The number of oxazole rings is 1. The quantitative estimate of drug-likeness (QED) is 0.723. The van der Waals surface area contributed by atoms with Gasteiger partial charge in [0.2, 0.25) is 5.89 Å². The fraction of sp³-hybridized carbons (Fsp3) is 0.450. The Morgan fingerprint density at radius 3 is 2.73 bits per heavy atom. The molecule has 6 heteroatoms. The second-order valence-electron chi connectivity index (χ2n) is 7.26. The summed E-state index contributed by atoms with van der Waals surface area (Å²) in [4.78, 5) is 6.90. The summed E-state index contributed by atoms with van der Waals surface area (Å²) in [6.45, 7) is 3.97. The molecule has 0 aliphatic carbocycles. The van der Waals surface area contributed by atoms with Crippen LogP contribution in [0.2, 0.25) is 0 Å². The minimum absolute atomic E-state index is 0.537. The Kier molecular flexibility index (Phi) is 4.05. The van der Waals surface area contributed by atoms with Crippen LogP contribution in [0.1, 0.15) is 42.7 Å². The van der Waals surface area contributed by atoms with E-state index in [1.807, 2.05) is 36.5 Å². The molecule has 6 nitrogen and oxygen atoms in total. The number of fused-ring (bicyclic) bond motifs is 1. The number of aromatic nitrogens is 4. The van der Waals surface area contributed by atoms with Crippen LogP contribution < -0.4 is 0 Å². The van der Waals surface area contributed by atoms with Crippen LogP contribution in [0.4, 0.5) is 0 Å². The molecule has 4 heterocycles. The number of likely N-dealkylation sites (tertiary alicyclic amines) is 1. The molecular weight excluding hydrogens is 326 g/mol. The monoisotopic (exact) mass is 349 g/mol. The largest absolute Gasteiger partial charge is 0.439 e. The molecular formula is C20H23N5O. The number of hydrogen-bond acceptors (Lipinski definition) is 5. The molecule has 5 rings (SSSR count). The van der Waals surface area contributed by atoms with Crippen LogP contribution in [0.3, 0.4) is 0 Å². The maximum absolute atomic E-state index is 5.95. The molecule has 0 radical (unpaired) electrons. The van der Waals surface area contributed by atoms with E-state index in [1.165, 1.54) is 18.1 Å². The van der Waals surface area contributed by atoms with Gasteiger partial charge in [-0.25, -0.2) is 4.98 Å². The van der Waals surface area contributed by atoms with Crippen molar-refractivity contribution in [3.05, 3.63) is 54.1 Å². The van der Waals surface area contributed by atoms with Crippen LogP contribution in [0.5, 0.6) is 0 Å². The summed E-state index contributed by atoms with van der Waals surface area (Å²) in [7, 11) is 0. The van der Waals surface area contributed by atoms with Crippen LogP contribution in [-0.2, 0) is 19.5 Å². The number of hydrogen-bond donors (Lipinski definition) is 0. The van der Waals surface area contributed by atoms with Crippen molar-refractivity contribution in [3.8, 4) is 11.3 Å². The van der Waals surface area contributed by atoms with E-state index in [1.54, 1.807) is 0 Å². The maximum Gasteiger partial charge on any atom is 0.209 e. The maximum atomic E-state index is 5.95. The zero-order valence-corrected chi connectivity index (χ0v) is 14.8. The average Bonchev–Trinajstić information content (AvgIpc) is 3.40. The first-order valence-electron chi connectivity index (χ1n) is 9.51. The molecule has 0 N–H and O–H groups in total. The summed E-state index contributed by atoms with van der Waals surface area (Å²) in [6, 6.07) is 10.1. The highest BCUT2D eigenvalue weighted by Gasteiger charge is 2.28. The van der Waals surface area contributed by atoms with Gasteiger partial charge in [0.25, 0.3) is 0 Å². The molecule has 0 saturated carbocycles. The molecule has 134 valence electrons. The number of rotatable bonds is 4. The lowest BCUT2D eigenvalue weighted by Crippen LogP contribution is -2.33. The predicted molar refractivity (Wildman–Crippen MR) is 97.5 cm³/mol. The fourth-order valence-electron chi connectivity index (χ4n) is 4.13. The van der Waals surface area contributed by atoms with Crippen molar-refractivity contribution in [3.63, 3.8) is 0 Å². The second-order valence-corrected chi connectivity index (χ2v) is 7.26. The number of piperidine rings is 1. The summed E-state index contributed by atoms with van der Waals surface area (Å²) in [5.74, 6) is 4.56. The predicted octanol–water partition coefficient (Wildman–Crippen LogP) is 3.26. The molecule has 1 aromatic carbocycles. The minimum Gasteiger partial charge on any atom is -0.439 e. The molecule has 0 unspecified atom stereocenters. The molecule has 0 bridgehead atoms. The molecule has 26 heavy (non-hydrogen) atoms. The first-order valence-corrected chi connectivity index (χ1v) is 9.51. The van der Waals surface area contributed by atoms with Crippen LogP contribution in [0.25, 0.3) is 11.3 Å². The van der Waals surface area contributed by atoms with Gasteiger partial charge < -0.3 is 8.98 Å². The number of nitrogens with zero attached hydrogens (tertiary/aromatic N) is 5. The van der Waals surface area contributed by atoms with Gasteiger partial charge >= 0.3 is 0 Å². The van der Waals surface area contributed by atoms with Crippen LogP contribution in [0.15, 0.2) is 40.9 Å². The van der Waals surface area contributed by atoms with Gasteiger partial charge in [-0.1, -0.05) is 30.3 Å². The van der Waals surface area contributed by atoms with Gasteiger partial charge in [-0.2, -0.15) is 0 Å². The Hall–Kier alpha value is -2.47. The molecule has 0 atom stereocenters. The summed E-state index contributed by atoms with van der Waals surface area (Å²) >= 11 is 0. The standard InChI is InChI=1S/C20H23N5O/c1-2-5-15(6-3-1)17-13-21-19(26-17)14-24-11-8-16(9-12-24)20-23-22-18-7-4-10-25(18)20/h1-3,5-6,13,16H,4,7-12,14H2. The van der Waals surface area contributed by atoms with Gasteiger partial charge in [0, 0.05) is 24.4 Å². The molecule has 2 aliphatic rings. The Balaban J connectivity index is 1.21. The molecule has 3 aromatic rings. The Morgan fingerprint density at radius 1 is 1.04 bits per heavy atom. The topological polar surface area (TPSA) is 60.0 Å². The summed E-state index contributed by atoms with van der Waals surface area (Å²) in [6.07, 6.45) is 6.38. The highest BCUT2D eigenvalue weighted by Crippen LogP contribution is 2.30. The molecule has 2 aliphatic heterocycles. The molecule has 0 spiro atoms. The van der Waals surface area contributed by atoms with Crippen molar-refractivity contribution in [2.75, 3.05) is 13.1 Å². The minimum atomic E-state index is 0.537. The molecule has 1 saturated heterocycles. The van der Waals surface area contributed by atoms with Crippen LogP contribution in [-0.4, -0.2) is 37.7 Å². The van der Waals surface area contributed by atoms with Gasteiger partial charge in [-0.15, -0.1) is 10.2 Å². The number of aryl methyl sites for hydroxylation is 1. The lowest BCUT2D eigenvalue weighted by Gasteiger charge is -2.30. The van der Waals surface area contributed by atoms with Crippen molar-refractivity contribution in [1.82, 2.24) is 24.6 Å². The summed E-state index contributed by atoms with van der Waals surface area (Å²) in [5.41, 5.74) is 1.07. The Bertz CT molecular complexity index is 877. The third-order valence-corrected chi connectivity index (χ3v) is 5.56. The van der Waals surface area contributed by atoms with E-state index < -0.39 is 0 Å².